The molecule has 0 aliphatic carbocycles. The molecule has 0 saturated heterocycles. The van der Waals surface area contributed by atoms with Crippen molar-refractivity contribution in [1.82, 2.24) is 14.8 Å². The first-order valence-corrected chi connectivity index (χ1v) is 7.40. The lowest BCUT2D eigenvalue weighted by Gasteiger charge is -2.18. The third-order valence-corrected chi connectivity index (χ3v) is 4.05. The van der Waals surface area contributed by atoms with Crippen LogP contribution in [0.3, 0.4) is 0 Å². The summed E-state index contributed by atoms with van der Waals surface area (Å²) < 4.78 is 2.76. The van der Waals surface area contributed by atoms with Crippen molar-refractivity contribution in [1.29, 1.82) is 0 Å². The summed E-state index contributed by atoms with van der Waals surface area (Å²) in [6.45, 7) is 4.00. The van der Waals surface area contributed by atoms with Gasteiger partial charge in [0.15, 0.2) is 4.77 Å². The van der Waals surface area contributed by atoms with Crippen LogP contribution in [0.25, 0.3) is 0 Å². The van der Waals surface area contributed by atoms with Crippen molar-refractivity contribution < 1.29 is 0 Å². The molecule has 0 atom stereocenters. The van der Waals surface area contributed by atoms with Gasteiger partial charge in [-0.2, -0.15) is 0 Å². The van der Waals surface area contributed by atoms with Gasteiger partial charge in [0.05, 0.1) is 0 Å². The van der Waals surface area contributed by atoms with Crippen LogP contribution in [0.2, 0.25) is 0 Å². The first kappa shape index (κ1) is 13.3. The Bertz CT molecular complexity index is 527. The molecule has 0 aliphatic rings. The minimum atomic E-state index is 0.704. The second-order valence-corrected chi connectivity index (χ2v) is 5.65. The predicted molar refractivity (Wildman–Crippen MR) is 79.0 cm³/mol. The van der Waals surface area contributed by atoms with Gasteiger partial charge in [-0.15, -0.1) is 16.4 Å². The van der Waals surface area contributed by atoms with Crippen molar-refractivity contribution in [3.63, 3.8) is 0 Å². The zero-order chi connectivity index (χ0) is 13.0. The Morgan fingerprint density at radius 1 is 1.56 bits per heavy atom. The van der Waals surface area contributed by atoms with Gasteiger partial charge >= 0.3 is 0 Å². The summed E-state index contributed by atoms with van der Waals surface area (Å²) in [5.74, 6) is 0.929. The van der Waals surface area contributed by atoms with Crippen molar-refractivity contribution in [2.24, 2.45) is 0 Å². The van der Waals surface area contributed by atoms with Gasteiger partial charge < -0.3 is 4.90 Å². The van der Waals surface area contributed by atoms with E-state index in [1.54, 1.807) is 11.3 Å². The largest absolute Gasteiger partial charge is 0.344 e. The Morgan fingerprint density at radius 2 is 2.39 bits per heavy atom. The van der Waals surface area contributed by atoms with Gasteiger partial charge in [-0.1, -0.05) is 13.0 Å². The number of nitrogens with one attached hydrogen (secondary N) is 1. The molecule has 2 rings (SSSR count). The third-order valence-electron chi connectivity index (χ3n) is 2.80. The van der Waals surface area contributed by atoms with Crippen LogP contribution >= 0.6 is 23.6 Å². The van der Waals surface area contributed by atoms with E-state index in [1.165, 1.54) is 4.88 Å². The number of anilines is 1. The Kier molecular flexibility index (Phi) is 4.54. The van der Waals surface area contributed by atoms with E-state index in [0.717, 1.165) is 31.9 Å². The molecule has 0 spiro atoms. The van der Waals surface area contributed by atoms with Crippen molar-refractivity contribution in [3.8, 4) is 0 Å². The fourth-order valence-corrected chi connectivity index (χ4v) is 2.78. The van der Waals surface area contributed by atoms with Crippen LogP contribution in [0.15, 0.2) is 17.5 Å². The average molecular weight is 282 g/mol. The highest BCUT2D eigenvalue weighted by Gasteiger charge is 2.10. The number of thiophene rings is 1. The first-order valence-electron chi connectivity index (χ1n) is 6.11. The van der Waals surface area contributed by atoms with E-state index in [4.69, 9.17) is 12.2 Å². The maximum atomic E-state index is 5.24. The zero-order valence-electron chi connectivity index (χ0n) is 10.7. The zero-order valence-corrected chi connectivity index (χ0v) is 12.4. The third kappa shape index (κ3) is 3.00. The molecule has 18 heavy (non-hydrogen) atoms. The number of aromatic amines is 1. The Labute approximate surface area is 116 Å². The molecular formula is C12H18N4S2. The number of aromatic nitrogens is 3. The van der Waals surface area contributed by atoms with Crippen molar-refractivity contribution >= 4 is 29.5 Å². The van der Waals surface area contributed by atoms with Crippen LogP contribution in [0.4, 0.5) is 5.95 Å². The average Bonchev–Trinajstić information content (AvgIpc) is 2.98. The summed E-state index contributed by atoms with van der Waals surface area (Å²) in [5, 5.41) is 9.30. The molecule has 0 saturated carbocycles. The molecular weight excluding hydrogens is 264 g/mol. The van der Waals surface area contributed by atoms with Gasteiger partial charge in [-0.3, -0.25) is 4.57 Å². The summed E-state index contributed by atoms with van der Waals surface area (Å²) in [5.41, 5.74) is 0. The van der Waals surface area contributed by atoms with Gasteiger partial charge in [0.2, 0.25) is 5.95 Å². The molecule has 0 bridgehead atoms. The van der Waals surface area contributed by atoms with Gasteiger partial charge in [-0.25, -0.2) is 5.10 Å². The lowest BCUT2D eigenvalue weighted by molar-refractivity contribution is 0.654. The number of hydrogen-bond acceptors (Lipinski definition) is 4. The van der Waals surface area contributed by atoms with Crippen LogP contribution in [0.5, 0.6) is 0 Å². The summed E-state index contributed by atoms with van der Waals surface area (Å²) in [4.78, 5) is 3.56. The highest BCUT2D eigenvalue weighted by atomic mass is 32.1. The highest BCUT2D eigenvalue weighted by molar-refractivity contribution is 7.71. The molecule has 2 aromatic heterocycles. The van der Waals surface area contributed by atoms with Crippen molar-refractivity contribution in [2.75, 3.05) is 18.5 Å². The molecule has 0 aromatic carbocycles. The molecule has 0 radical (unpaired) electrons. The molecule has 0 aliphatic heterocycles. The fourth-order valence-electron chi connectivity index (χ4n) is 1.86. The van der Waals surface area contributed by atoms with E-state index in [2.05, 4.69) is 51.1 Å². The smallest absolute Gasteiger partial charge is 0.225 e. The van der Waals surface area contributed by atoms with Crippen LogP contribution in [0.1, 0.15) is 18.2 Å². The topological polar surface area (TPSA) is 36.9 Å². The number of likely N-dealkylation sites (N-methyl/N-ethyl adjacent to an activating group) is 1. The first-order chi connectivity index (χ1) is 8.72. The van der Waals surface area contributed by atoms with Gasteiger partial charge in [0, 0.05) is 25.0 Å². The van der Waals surface area contributed by atoms with Crippen LogP contribution in [-0.4, -0.2) is 28.4 Å². The van der Waals surface area contributed by atoms with Crippen LogP contribution < -0.4 is 4.90 Å². The minimum Gasteiger partial charge on any atom is -0.344 e. The normalized spacial score (nSPS) is 10.8. The lowest BCUT2D eigenvalue weighted by atomic mass is 10.3. The van der Waals surface area contributed by atoms with Crippen LogP contribution in [0, 0.1) is 4.77 Å². The predicted octanol–water partition coefficient (Wildman–Crippen LogP) is 3.09. The molecule has 1 N–H and O–H groups in total. The second-order valence-electron chi connectivity index (χ2n) is 4.23. The minimum absolute atomic E-state index is 0.704. The van der Waals surface area contributed by atoms with Crippen molar-refractivity contribution in [3.05, 3.63) is 27.2 Å². The summed E-state index contributed by atoms with van der Waals surface area (Å²) >= 11 is 7.04. The number of nitrogens with zero attached hydrogens (tertiary/aromatic N) is 3. The fraction of sp³-hybridized carbons (Fsp3) is 0.500. The van der Waals surface area contributed by atoms with E-state index in [0.29, 0.717) is 4.77 Å². The van der Waals surface area contributed by atoms with E-state index in [1.807, 2.05) is 0 Å². The highest BCUT2D eigenvalue weighted by Crippen LogP contribution is 2.13. The van der Waals surface area contributed by atoms with Gasteiger partial charge in [-0.05, 0) is 36.5 Å². The SMILES string of the molecule is CCCn1c(N(C)CCc2cccs2)n[nH]c1=S. The molecule has 0 unspecified atom stereocenters. The Morgan fingerprint density at radius 3 is 3.06 bits per heavy atom. The maximum absolute atomic E-state index is 5.24. The quantitative estimate of drug-likeness (QED) is 0.827. The van der Waals surface area contributed by atoms with Gasteiger partial charge in [0.25, 0.3) is 0 Å². The molecule has 98 valence electrons. The summed E-state index contributed by atoms with van der Waals surface area (Å²) in [6, 6.07) is 4.26. The molecule has 6 heteroatoms. The number of rotatable bonds is 6. The molecule has 2 heterocycles. The molecule has 0 fully saturated rings. The van der Waals surface area contributed by atoms with Crippen LogP contribution in [-0.2, 0) is 13.0 Å². The number of H-pyrrole nitrogens is 1. The van der Waals surface area contributed by atoms with Gasteiger partial charge in [0.1, 0.15) is 0 Å². The monoisotopic (exact) mass is 282 g/mol. The Hall–Kier alpha value is -1.14. The molecule has 2 aromatic rings. The standard InChI is InChI=1S/C12H18N4S2/c1-3-7-16-11(13-14-12(16)17)15(2)8-6-10-5-4-9-18-10/h4-5,9H,3,6-8H2,1-2H3,(H,14,17). The summed E-state index contributed by atoms with van der Waals surface area (Å²) in [7, 11) is 2.06. The maximum Gasteiger partial charge on any atom is 0.225 e. The molecule has 0 amide bonds. The van der Waals surface area contributed by atoms with E-state index in [9.17, 15) is 0 Å². The van der Waals surface area contributed by atoms with Crippen molar-refractivity contribution in [2.45, 2.75) is 26.3 Å². The Balaban J connectivity index is 2.04. The van der Waals surface area contributed by atoms with E-state index >= 15 is 0 Å². The van der Waals surface area contributed by atoms with E-state index < -0.39 is 0 Å². The lowest BCUT2D eigenvalue weighted by Crippen LogP contribution is -2.24. The second kappa shape index (κ2) is 6.15. The van der Waals surface area contributed by atoms with E-state index in [-0.39, 0.29) is 0 Å². The number of hydrogen-bond donors (Lipinski definition) is 1. The summed E-state index contributed by atoms with van der Waals surface area (Å²) in [6.07, 6.45) is 2.10. The molecule has 4 nitrogen and oxygen atoms in total.